The van der Waals surface area contributed by atoms with E-state index in [1.807, 2.05) is 12.2 Å². The summed E-state index contributed by atoms with van der Waals surface area (Å²) < 4.78 is 39.2. The van der Waals surface area contributed by atoms with Gasteiger partial charge in [-0.3, -0.25) is 9.59 Å². The third-order valence-corrected chi connectivity index (χ3v) is 2.80. The Labute approximate surface area is 124 Å². The lowest BCUT2D eigenvalue weighted by Gasteiger charge is -2.08. The van der Waals surface area contributed by atoms with Gasteiger partial charge < -0.3 is 10.6 Å². The van der Waals surface area contributed by atoms with Gasteiger partial charge >= 0.3 is 11.8 Å². The van der Waals surface area contributed by atoms with Gasteiger partial charge in [-0.15, -0.1) is 0 Å². The number of anilines is 2. The molecule has 2 amide bonds. The summed E-state index contributed by atoms with van der Waals surface area (Å²) in [6.07, 6.45) is 0. The number of carbonyl (C=O) groups is 2. The van der Waals surface area contributed by atoms with Gasteiger partial charge in [0.2, 0.25) is 0 Å². The van der Waals surface area contributed by atoms with Crippen LogP contribution >= 0.6 is 0 Å². The van der Waals surface area contributed by atoms with Gasteiger partial charge in [-0.25, -0.2) is 13.2 Å². The van der Waals surface area contributed by atoms with Gasteiger partial charge in [-0.05, 0) is 31.2 Å². The molecule has 7 heteroatoms. The Morgan fingerprint density at radius 2 is 1.41 bits per heavy atom. The molecular formula is C15H11F3N2O2. The molecule has 2 rings (SSSR count). The van der Waals surface area contributed by atoms with Crippen LogP contribution in [0.1, 0.15) is 5.56 Å². The molecule has 2 aromatic carbocycles. The van der Waals surface area contributed by atoms with Gasteiger partial charge in [0.1, 0.15) is 0 Å². The topological polar surface area (TPSA) is 58.2 Å². The Morgan fingerprint density at radius 1 is 0.818 bits per heavy atom. The maximum atomic E-state index is 13.4. The molecule has 0 aliphatic rings. The number of benzene rings is 2. The molecule has 0 heterocycles. The molecule has 2 N–H and O–H groups in total. The first-order chi connectivity index (χ1) is 10.4. The summed E-state index contributed by atoms with van der Waals surface area (Å²) in [6.45, 7) is 1.85. The Kier molecular flexibility index (Phi) is 4.45. The lowest BCUT2D eigenvalue weighted by Crippen LogP contribution is -2.29. The molecular weight excluding hydrogens is 297 g/mol. The number of hydrogen-bond donors (Lipinski definition) is 2. The molecule has 0 aliphatic carbocycles. The van der Waals surface area contributed by atoms with Crippen molar-refractivity contribution < 1.29 is 22.8 Å². The van der Waals surface area contributed by atoms with Crippen LogP contribution in [0.4, 0.5) is 24.5 Å². The highest BCUT2D eigenvalue weighted by Gasteiger charge is 2.19. The second kappa shape index (κ2) is 6.30. The number of rotatable bonds is 2. The van der Waals surface area contributed by atoms with Crippen LogP contribution in [0.3, 0.4) is 0 Å². The highest BCUT2D eigenvalue weighted by Crippen LogP contribution is 2.19. The molecule has 0 fully saturated rings. The Hall–Kier alpha value is -2.83. The van der Waals surface area contributed by atoms with Crippen LogP contribution in [-0.4, -0.2) is 11.8 Å². The van der Waals surface area contributed by atoms with Gasteiger partial charge in [0.05, 0.1) is 5.69 Å². The van der Waals surface area contributed by atoms with Crippen molar-refractivity contribution in [2.24, 2.45) is 0 Å². The minimum Gasteiger partial charge on any atom is -0.318 e. The summed E-state index contributed by atoms with van der Waals surface area (Å²) in [6, 6.07) is 8.08. The van der Waals surface area contributed by atoms with Crippen LogP contribution in [0.25, 0.3) is 0 Å². The summed E-state index contributed by atoms with van der Waals surface area (Å²) in [4.78, 5) is 23.3. The zero-order valence-corrected chi connectivity index (χ0v) is 11.4. The highest BCUT2D eigenvalue weighted by molar-refractivity contribution is 6.43. The SMILES string of the molecule is Cc1ccc(NC(=O)C(=O)Nc2ccc(F)c(F)c2F)cc1. The number of aryl methyl sites for hydroxylation is 1. The molecule has 4 nitrogen and oxygen atoms in total. The van der Waals surface area contributed by atoms with E-state index in [9.17, 15) is 22.8 Å². The van der Waals surface area contributed by atoms with Crippen molar-refractivity contribution in [3.63, 3.8) is 0 Å². The van der Waals surface area contributed by atoms with Crippen LogP contribution < -0.4 is 10.6 Å². The first kappa shape index (κ1) is 15.6. The van der Waals surface area contributed by atoms with Crippen molar-refractivity contribution in [1.29, 1.82) is 0 Å². The van der Waals surface area contributed by atoms with E-state index in [0.717, 1.165) is 11.6 Å². The van der Waals surface area contributed by atoms with Crippen molar-refractivity contribution in [2.45, 2.75) is 6.92 Å². The van der Waals surface area contributed by atoms with Gasteiger partial charge in [0.25, 0.3) is 0 Å². The van der Waals surface area contributed by atoms with Crippen molar-refractivity contribution >= 4 is 23.2 Å². The fourth-order valence-electron chi connectivity index (χ4n) is 1.63. The molecule has 0 aliphatic heterocycles. The second-order valence-electron chi connectivity index (χ2n) is 4.50. The largest absolute Gasteiger partial charge is 0.318 e. The van der Waals surface area contributed by atoms with E-state index in [1.54, 1.807) is 24.3 Å². The fourth-order valence-corrected chi connectivity index (χ4v) is 1.63. The van der Waals surface area contributed by atoms with E-state index >= 15 is 0 Å². The van der Waals surface area contributed by atoms with Crippen LogP contribution in [-0.2, 0) is 9.59 Å². The highest BCUT2D eigenvalue weighted by atomic mass is 19.2. The van der Waals surface area contributed by atoms with E-state index in [-0.39, 0.29) is 0 Å². The number of amides is 2. The quantitative estimate of drug-likeness (QED) is 0.662. The molecule has 22 heavy (non-hydrogen) atoms. The monoisotopic (exact) mass is 308 g/mol. The van der Waals surface area contributed by atoms with Crippen molar-refractivity contribution in [2.75, 3.05) is 10.6 Å². The van der Waals surface area contributed by atoms with Crippen molar-refractivity contribution in [1.82, 2.24) is 0 Å². The van der Waals surface area contributed by atoms with E-state index in [0.29, 0.717) is 11.8 Å². The molecule has 0 saturated carbocycles. The van der Waals surface area contributed by atoms with E-state index in [2.05, 4.69) is 5.32 Å². The molecule has 0 atom stereocenters. The standard InChI is InChI=1S/C15H11F3N2O2/c1-8-2-4-9(5-3-8)19-14(21)15(22)20-11-7-6-10(16)12(17)13(11)18/h2-7H,1H3,(H,19,21)(H,20,22). The number of nitrogens with one attached hydrogen (secondary N) is 2. The average Bonchev–Trinajstić information content (AvgIpc) is 2.50. The predicted molar refractivity (Wildman–Crippen MR) is 74.8 cm³/mol. The normalized spacial score (nSPS) is 10.2. The minimum atomic E-state index is -1.73. The first-order valence-electron chi connectivity index (χ1n) is 6.21. The second-order valence-corrected chi connectivity index (χ2v) is 4.50. The third kappa shape index (κ3) is 3.43. The molecule has 0 radical (unpaired) electrons. The summed E-state index contributed by atoms with van der Waals surface area (Å²) >= 11 is 0. The van der Waals surface area contributed by atoms with Gasteiger partial charge in [-0.2, -0.15) is 0 Å². The fraction of sp³-hybridized carbons (Fsp3) is 0.0667. The molecule has 0 bridgehead atoms. The Morgan fingerprint density at radius 3 is 2.05 bits per heavy atom. The van der Waals surface area contributed by atoms with Gasteiger partial charge in [0, 0.05) is 5.69 Å². The smallest absolute Gasteiger partial charge is 0.314 e. The number of hydrogen-bond acceptors (Lipinski definition) is 2. The van der Waals surface area contributed by atoms with E-state index < -0.39 is 35.0 Å². The van der Waals surface area contributed by atoms with Crippen molar-refractivity contribution in [3.8, 4) is 0 Å². The Balaban J connectivity index is 2.07. The molecule has 0 aromatic heterocycles. The summed E-state index contributed by atoms with van der Waals surface area (Å²) in [5.41, 5.74) is 0.714. The molecule has 0 unspecified atom stereocenters. The van der Waals surface area contributed by atoms with E-state index in [4.69, 9.17) is 0 Å². The maximum Gasteiger partial charge on any atom is 0.314 e. The summed E-state index contributed by atoms with van der Waals surface area (Å²) in [5.74, 6) is -6.95. The van der Waals surface area contributed by atoms with Gasteiger partial charge in [-0.1, -0.05) is 17.7 Å². The van der Waals surface area contributed by atoms with Gasteiger partial charge in [0.15, 0.2) is 17.5 Å². The Bertz CT molecular complexity index is 730. The third-order valence-electron chi connectivity index (χ3n) is 2.80. The molecule has 0 spiro atoms. The predicted octanol–water partition coefficient (Wildman–Crippen LogP) is 2.99. The number of halogens is 3. The lowest BCUT2D eigenvalue weighted by molar-refractivity contribution is -0.133. The molecule has 2 aromatic rings. The zero-order valence-electron chi connectivity index (χ0n) is 11.4. The average molecular weight is 308 g/mol. The van der Waals surface area contributed by atoms with E-state index in [1.165, 1.54) is 0 Å². The van der Waals surface area contributed by atoms with Crippen LogP contribution in [0.5, 0.6) is 0 Å². The lowest BCUT2D eigenvalue weighted by atomic mass is 10.2. The number of carbonyl (C=O) groups excluding carboxylic acids is 2. The van der Waals surface area contributed by atoms with Crippen LogP contribution in [0.2, 0.25) is 0 Å². The first-order valence-corrected chi connectivity index (χ1v) is 6.21. The summed E-state index contributed by atoms with van der Waals surface area (Å²) in [5, 5.41) is 4.17. The van der Waals surface area contributed by atoms with Crippen LogP contribution in [0, 0.1) is 24.4 Å². The van der Waals surface area contributed by atoms with Crippen molar-refractivity contribution in [3.05, 3.63) is 59.4 Å². The zero-order chi connectivity index (χ0) is 16.3. The van der Waals surface area contributed by atoms with Crippen LogP contribution in [0.15, 0.2) is 36.4 Å². The molecule has 0 saturated heterocycles. The minimum absolute atomic E-state index is 0.372. The summed E-state index contributed by atoms with van der Waals surface area (Å²) in [7, 11) is 0. The maximum absolute atomic E-state index is 13.4. The molecule has 114 valence electrons.